The summed E-state index contributed by atoms with van der Waals surface area (Å²) in [5.41, 5.74) is 0.972. The molecule has 2 unspecified atom stereocenters. The minimum atomic E-state index is -0.755. The monoisotopic (exact) mass is 321 g/mol. The summed E-state index contributed by atoms with van der Waals surface area (Å²) in [5.74, 6) is 0.303. The zero-order valence-electron chi connectivity index (χ0n) is 13.3. The lowest BCUT2D eigenvalue weighted by Gasteiger charge is -2.27. The summed E-state index contributed by atoms with van der Waals surface area (Å²) in [6, 6.07) is 5.75. The van der Waals surface area contributed by atoms with Gasteiger partial charge >= 0.3 is 5.97 Å². The molecule has 0 aliphatic carbocycles. The molecular formula is C17H23NO5. The van der Waals surface area contributed by atoms with E-state index in [0.29, 0.717) is 31.9 Å². The highest BCUT2D eigenvalue weighted by molar-refractivity contribution is 5.71. The number of benzene rings is 1. The summed E-state index contributed by atoms with van der Waals surface area (Å²) < 4.78 is 17.1. The molecule has 2 aliphatic heterocycles. The number of carboxylic acids is 1. The molecule has 0 amide bonds. The summed E-state index contributed by atoms with van der Waals surface area (Å²) in [6.07, 6.45) is 2.38. The highest BCUT2D eigenvalue weighted by atomic mass is 16.5. The highest BCUT2D eigenvalue weighted by Gasteiger charge is 2.33. The van der Waals surface area contributed by atoms with Crippen molar-refractivity contribution in [3.05, 3.63) is 23.8 Å². The average Bonchev–Trinajstić information content (AvgIpc) is 3.06. The van der Waals surface area contributed by atoms with Gasteiger partial charge in [-0.1, -0.05) is 12.1 Å². The topological polar surface area (TPSA) is 77.0 Å². The number of carboxylic acid groups (broad SMARTS) is 1. The van der Waals surface area contributed by atoms with Gasteiger partial charge in [0.25, 0.3) is 0 Å². The number of hydrogen-bond acceptors (Lipinski definition) is 5. The van der Waals surface area contributed by atoms with E-state index in [1.54, 1.807) is 7.11 Å². The minimum absolute atomic E-state index is 0.0268. The molecule has 0 bridgehead atoms. The number of methoxy groups -OCH3 is 1. The molecule has 1 aromatic rings. The maximum atomic E-state index is 11.2. The number of rotatable bonds is 5. The first kappa shape index (κ1) is 16.1. The van der Waals surface area contributed by atoms with E-state index >= 15 is 0 Å². The third-order valence-corrected chi connectivity index (χ3v) is 4.54. The summed E-state index contributed by atoms with van der Waals surface area (Å²) in [6.45, 7) is 1.89. The predicted molar refractivity (Wildman–Crippen MR) is 83.9 cm³/mol. The standard InChI is InChI=1S/C17H23NO5/c1-21-15-4-2-3-13(14-9-11(10-18-14)17(19)20)16(15)23-12-5-7-22-8-6-12/h2-4,11-12,14,18H,5-10H2,1H3,(H,19,20). The molecule has 0 aromatic heterocycles. The van der Waals surface area contributed by atoms with Gasteiger partial charge in [-0.3, -0.25) is 4.79 Å². The van der Waals surface area contributed by atoms with Crippen molar-refractivity contribution in [2.75, 3.05) is 26.9 Å². The number of hydrogen-bond donors (Lipinski definition) is 2. The van der Waals surface area contributed by atoms with Crippen molar-refractivity contribution in [3.63, 3.8) is 0 Å². The van der Waals surface area contributed by atoms with Gasteiger partial charge in [0.1, 0.15) is 6.10 Å². The Morgan fingerprint density at radius 2 is 2.13 bits per heavy atom. The second-order valence-corrected chi connectivity index (χ2v) is 6.04. The Morgan fingerprint density at radius 1 is 1.35 bits per heavy atom. The van der Waals surface area contributed by atoms with Gasteiger partial charge in [-0.15, -0.1) is 0 Å². The Bertz CT molecular complexity index is 556. The van der Waals surface area contributed by atoms with Gasteiger partial charge in [-0.05, 0) is 12.5 Å². The van der Waals surface area contributed by atoms with Gasteiger partial charge < -0.3 is 24.6 Å². The molecule has 3 rings (SSSR count). The van der Waals surface area contributed by atoms with E-state index < -0.39 is 5.97 Å². The van der Waals surface area contributed by atoms with Crippen LogP contribution in [0.2, 0.25) is 0 Å². The van der Waals surface area contributed by atoms with Gasteiger partial charge in [0.15, 0.2) is 11.5 Å². The molecule has 6 nitrogen and oxygen atoms in total. The van der Waals surface area contributed by atoms with Crippen LogP contribution in [0.25, 0.3) is 0 Å². The van der Waals surface area contributed by atoms with Crippen LogP contribution in [-0.2, 0) is 9.53 Å². The van der Waals surface area contributed by atoms with E-state index in [4.69, 9.17) is 14.2 Å². The van der Waals surface area contributed by atoms with Crippen molar-refractivity contribution in [3.8, 4) is 11.5 Å². The number of carbonyl (C=O) groups is 1. The van der Waals surface area contributed by atoms with E-state index in [0.717, 1.165) is 24.2 Å². The van der Waals surface area contributed by atoms with Crippen LogP contribution in [0.5, 0.6) is 11.5 Å². The summed E-state index contributed by atoms with van der Waals surface area (Å²) >= 11 is 0. The van der Waals surface area contributed by atoms with Gasteiger partial charge in [-0.25, -0.2) is 0 Å². The van der Waals surface area contributed by atoms with Crippen LogP contribution < -0.4 is 14.8 Å². The molecule has 2 fully saturated rings. The van der Waals surface area contributed by atoms with Crippen LogP contribution in [0.3, 0.4) is 0 Å². The van der Waals surface area contributed by atoms with Crippen LogP contribution in [0.4, 0.5) is 0 Å². The van der Waals surface area contributed by atoms with Crippen LogP contribution in [0.1, 0.15) is 30.9 Å². The quantitative estimate of drug-likeness (QED) is 0.864. The number of aliphatic carboxylic acids is 1. The van der Waals surface area contributed by atoms with Crippen molar-refractivity contribution in [2.24, 2.45) is 5.92 Å². The van der Waals surface area contributed by atoms with E-state index in [-0.39, 0.29) is 18.1 Å². The van der Waals surface area contributed by atoms with Gasteiger partial charge in [0, 0.05) is 31.0 Å². The molecule has 2 heterocycles. The maximum Gasteiger partial charge on any atom is 0.307 e. The fraction of sp³-hybridized carbons (Fsp3) is 0.588. The van der Waals surface area contributed by atoms with E-state index in [1.165, 1.54) is 0 Å². The molecule has 2 saturated heterocycles. The van der Waals surface area contributed by atoms with Gasteiger partial charge in [0.2, 0.25) is 0 Å². The SMILES string of the molecule is COc1cccc(C2CC(C(=O)O)CN2)c1OC1CCOCC1. The molecule has 126 valence electrons. The average molecular weight is 321 g/mol. The fourth-order valence-electron chi connectivity index (χ4n) is 3.22. The first-order valence-electron chi connectivity index (χ1n) is 8.06. The second kappa shape index (κ2) is 7.19. The van der Waals surface area contributed by atoms with E-state index in [9.17, 15) is 9.90 Å². The number of para-hydroxylation sites is 1. The molecule has 0 spiro atoms. The Morgan fingerprint density at radius 3 is 2.78 bits per heavy atom. The second-order valence-electron chi connectivity index (χ2n) is 6.04. The van der Waals surface area contributed by atoms with Gasteiger partial charge in [-0.2, -0.15) is 0 Å². The molecule has 1 aromatic carbocycles. The third kappa shape index (κ3) is 3.59. The molecule has 2 N–H and O–H groups in total. The van der Waals surface area contributed by atoms with Crippen LogP contribution in [0, 0.1) is 5.92 Å². The molecule has 6 heteroatoms. The number of ether oxygens (including phenoxy) is 3. The number of nitrogens with one attached hydrogen (secondary N) is 1. The third-order valence-electron chi connectivity index (χ3n) is 4.54. The molecule has 0 radical (unpaired) electrons. The maximum absolute atomic E-state index is 11.2. The fourth-order valence-corrected chi connectivity index (χ4v) is 3.22. The van der Waals surface area contributed by atoms with Crippen LogP contribution in [0.15, 0.2) is 18.2 Å². The lowest BCUT2D eigenvalue weighted by atomic mass is 9.99. The van der Waals surface area contributed by atoms with Crippen molar-refractivity contribution in [1.82, 2.24) is 5.32 Å². The normalized spacial score (nSPS) is 25.3. The van der Waals surface area contributed by atoms with E-state index in [1.807, 2.05) is 18.2 Å². The Labute approximate surface area is 135 Å². The van der Waals surface area contributed by atoms with Crippen molar-refractivity contribution in [1.29, 1.82) is 0 Å². The Kier molecular flexibility index (Phi) is 5.03. The smallest absolute Gasteiger partial charge is 0.307 e. The molecule has 2 aliphatic rings. The first-order chi connectivity index (χ1) is 11.2. The zero-order chi connectivity index (χ0) is 16.2. The summed E-state index contributed by atoms with van der Waals surface area (Å²) in [7, 11) is 1.62. The van der Waals surface area contributed by atoms with Crippen LogP contribution >= 0.6 is 0 Å². The summed E-state index contributed by atoms with van der Waals surface area (Å²) in [5, 5.41) is 12.5. The zero-order valence-corrected chi connectivity index (χ0v) is 13.3. The first-order valence-corrected chi connectivity index (χ1v) is 8.06. The van der Waals surface area contributed by atoms with Crippen molar-refractivity contribution >= 4 is 5.97 Å². The van der Waals surface area contributed by atoms with Crippen molar-refractivity contribution in [2.45, 2.75) is 31.4 Å². The molecule has 23 heavy (non-hydrogen) atoms. The van der Waals surface area contributed by atoms with Crippen LogP contribution in [-0.4, -0.2) is 44.0 Å². The Balaban J connectivity index is 1.83. The largest absolute Gasteiger partial charge is 0.493 e. The van der Waals surface area contributed by atoms with Crippen molar-refractivity contribution < 1.29 is 24.1 Å². The van der Waals surface area contributed by atoms with E-state index in [2.05, 4.69) is 5.32 Å². The lowest BCUT2D eigenvalue weighted by molar-refractivity contribution is -0.141. The molecule has 0 saturated carbocycles. The highest BCUT2D eigenvalue weighted by Crippen LogP contribution is 2.40. The predicted octanol–water partition coefficient (Wildman–Crippen LogP) is 1.99. The lowest BCUT2D eigenvalue weighted by Crippen LogP contribution is -2.27. The Hall–Kier alpha value is -1.79. The van der Waals surface area contributed by atoms with Gasteiger partial charge in [0.05, 0.1) is 26.2 Å². The molecular weight excluding hydrogens is 298 g/mol. The minimum Gasteiger partial charge on any atom is -0.493 e. The molecule has 2 atom stereocenters. The summed E-state index contributed by atoms with van der Waals surface area (Å²) in [4.78, 5) is 11.2.